The standard InChI is InChI=1S/C20H34O4.2C2H6/c1-2-3-6-9-17(21)14-12-16-13-15-19(22)18(16)10-7-4-5-8-11-20(23)24;2*1-2/h4,7,12,14,16-19,21-22H,2-3,5-6,8-11,13,15H2,1H3,(H,23,24);2*1-2H3/b7-4-,14-12+;;/t16-,17-,18+,19-;;/m0../s1. The maximum absolute atomic E-state index is 10.5. The summed E-state index contributed by atoms with van der Waals surface area (Å²) in [5.41, 5.74) is 0. The zero-order chi connectivity index (χ0) is 21.8. The minimum Gasteiger partial charge on any atom is -0.481 e. The Morgan fingerprint density at radius 1 is 1.07 bits per heavy atom. The first-order chi connectivity index (χ1) is 13.5. The molecule has 3 N–H and O–H groups in total. The van der Waals surface area contributed by atoms with Gasteiger partial charge in [0.05, 0.1) is 12.2 Å². The van der Waals surface area contributed by atoms with Crippen LogP contribution in [0.3, 0.4) is 0 Å². The Balaban J connectivity index is 0. The van der Waals surface area contributed by atoms with Gasteiger partial charge in [0.15, 0.2) is 0 Å². The fraction of sp³-hybridized carbons (Fsp3) is 0.792. The third-order valence-electron chi connectivity index (χ3n) is 4.86. The molecule has 1 rings (SSSR count). The zero-order valence-electron chi connectivity index (χ0n) is 18.9. The molecule has 4 nitrogen and oxygen atoms in total. The first kappa shape index (κ1) is 29.1. The average Bonchev–Trinajstić information content (AvgIpc) is 3.05. The number of aliphatic carboxylic acids is 1. The highest BCUT2D eigenvalue weighted by Gasteiger charge is 2.32. The van der Waals surface area contributed by atoms with Gasteiger partial charge in [0.25, 0.3) is 0 Å². The molecular weight excluding hydrogens is 352 g/mol. The lowest BCUT2D eigenvalue weighted by Gasteiger charge is -2.18. The number of hydrogen-bond acceptors (Lipinski definition) is 3. The molecule has 0 aromatic carbocycles. The summed E-state index contributed by atoms with van der Waals surface area (Å²) in [5.74, 6) is -0.221. The summed E-state index contributed by atoms with van der Waals surface area (Å²) < 4.78 is 0. The van der Waals surface area contributed by atoms with Crippen LogP contribution in [0.25, 0.3) is 0 Å². The van der Waals surface area contributed by atoms with Crippen LogP contribution in [-0.4, -0.2) is 33.5 Å². The molecule has 4 heteroatoms. The van der Waals surface area contributed by atoms with Gasteiger partial charge in [-0.1, -0.05) is 78.2 Å². The van der Waals surface area contributed by atoms with Gasteiger partial charge in [-0.15, -0.1) is 0 Å². The smallest absolute Gasteiger partial charge is 0.303 e. The molecule has 0 saturated heterocycles. The van der Waals surface area contributed by atoms with Crippen molar-refractivity contribution in [3.63, 3.8) is 0 Å². The second kappa shape index (κ2) is 20.6. The molecule has 0 unspecified atom stereocenters. The lowest BCUT2D eigenvalue weighted by atomic mass is 9.90. The number of carboxylic acid groups (broad SMARTS) is 1. The third kappa shape index (κ3) is 14.9. The van der Waals surface area contributed by atoms with Crippen molar-refractivity contribution in [3.05, 3.63) is 24.3 Å². The van der Waals surface area contributed by atoms with E-state index in [4.69, 9.17) is 5.11 Å². The summed E-state index contributed by atoms with van der Waals surface area (Å²) >= 11 is 0. The molecule has 1 aliphatic carbocycles. The van der Waals surface area contributed by atoms with Crippen LogP contribution in [0.4, 0.5) is 0 Å². The molecule has 1 fully saturated rings. The largest absolute Gasteiger partial charge is 0.481 e. The first-order valence-corrected chi connectivity index (χ1v) is 11.5. The summed E-state index contributed by atoms with van der Waals surface area (Å²) in [4.78, 5) is 10.5. The number of carbonyl (C=O) groups is 1. The van der Waals surface area contributed by atoms with Crippen molar-refractivity contribution in [2.75, 3.05) is 0 Å². The molecule has 0 aliphatic heterocycles. The highest BCUT2D eigenvalue weighted by Crippen LogP contribution is 2.36. The van der Waals surface area contributed by atoms with Gasteiger partial charge in [-0.05, 0) is 50.4 Å². The van der Waals surface area contributed by atoms with Crippen molar-refractivity contribution < 1.29 is 20.1 Å². The molecule has 1 saturated carbocycles. The quantitative estimate of drug-likeness (QED) is 0.273. The van der Waals surface area contributed by atoms with E-state index >= 15 is 0 Å². The fourth-order valence-corrected chi connectivity index (χ4v) is 3.36. The average molecular weight is 399 g/mol. The topological polar surface area (TPSA) is 77.8 Å². The second-order valence-corrected chi connectivity index (χ2v) is 6.91. The van der Waals surface area contributed by atoms with Gasteiger partial charge in [0, 0.05) is 6.42 Å². The first-order valence-electron chi connectivity index (χ1n) is 11.5. The summed E-state index contributed by atoms with van der Waals surface area (Å²) in [6.07, 6.45) is 15.9. The van der Waals surface area contributed by atoms with Crippen LogP contribution in [0, 0.1) is 11.8 Å². The van der Waals surface area contributed by atoms with Gasteiger partial charge >= 0.3 is 5.97 Å². The zero-order valence-corrected chi connectivity index (χ0v) is 18.9. The highest BCUT2D eigenvalue weighted by molar-refractivity contribution is 5.66. The van der Waals surface area contributed by atoms with Crippen molar-refractivity contribution in [3.8, 4) is 0 Å². The molecule has 0 spiro atoms. The SMILES string of the molecule is CC.CC.CCCCC[C@H](O)/C=C/[C@H]1CC[C@H](O)[C@@H]1C/C=C\CCCC(=O)O. The van der Waals surface area contributed by atoms with Crippen LogP contribution in [0.1, 0.15) is 98.8 Å². The van der Waals surface area contributed by atoms with E-state index in [-0.39, 0.29) is 24.5 Å². The Kier molecular flexibility index (Phi) is 21.4. The molecule has 166 valence electrons. The molecule has 0 bridgehead atoms. The van der Waals surface area contributed by atoms with Crippen LogP contribution >= 0.6 is 0 Å². The van der Waals surface area contributed by atoms with E-state index in [2.05, 4.69) is 19.1 Å². The van der Waals surface area contributed by atoms with Crippen LogP contribution in [0.15, 0.2) is 24.3 Å². The maximum Gasteiger partial charge on any atom is 0.303 e. The number of aliphatic hydroxyl groups is 2. The van der Waals surface area contributed by atoms with E-state index in [9.17, 15) is 15.0 Å². The predicted octanol–water partition coefficient (Wildman–Crippen LogP) is 6.12. The summed E-state index contributed by atoms with van der Waals surface area (Å²) in [7, 11) is 0. The lowest BCUT2D eigenvalue weighted by Crippen LogP contribution is -2.17. The van der Waals surface area contributed by atoms with Gasteiger partial charge in [0.1, 0.15) is 0 Å². The minimum absolute atomic E-state index is 0.206. The number of rotatable bonds is 12. The Hall–Kier alpha value is -1.13. The van der Waals surface area contributed by atoms with Gasteiger partial charge in [0.2, 0.25) is 0 Å². The van der Waals surface area contributed by atoms with E-state index in [0.29, 0.717) is 12.3 Å². The molecule has 1 aliphatic rings. The normalized spacial score (nSPS) is 22.5. The van der Waals surface area contributed by atoms with Crippen LogP contribution in [0.2, 0.25) is 0 Å². The van der Waals surface area contributed by atoms with E-state index in [1.54, 1.807) is 0 Å². The van der Waals surface area contributed by atoms with Crippen molar-refractivity contribution in [1.29, 1.82) is 0 Å². The predicted molar refractivity (Wildman–Crippen MR) is 119 cm³/mol. The van der Waals surface area contributed by atoms with E-state index in [0.717, 1.165) is 51.4 Å². The number of carboxylic acids is 1. The molecule has 0 amide bonds. The fourth-order valence-electron chi connectivity index (χ4n) is 3.36. The summed E-state index contributed by atoms with van der Waals surface area (Å²) in [5, 5.41) is 28.8. The van der Waals surface area contributed by atoms with Crippen molar-refractivity contribution >= 4 is 5.97 Å². The molecule has 0 heterocycles. The van der Waals surface area contributed by atoms with Crippen molar-refractivity contribution in [1.82, 2.24) is 0 Å². The molecule has 28 heavy (non-hydrogen) atoms. The highest BCUT2D eigenvalue weighted by atomic mass is 16.4. The monoisotopic (exact) mass is 398 g/mol. The van der Waals surface area contributed by atoms with Gasteiger partial charge < -0.3 is 15.3 Å². The van der Waals surface area contributed by atoms with E-state index < -0.39 is 5.97 Å². The van der Waals surface area contributed by atoms with Crippen molar-refractivity contribution in [2.24, 2.45) is 11.8 Å². The Morgan fingerprint density at radius 3 is 2.36 bits per heavy atom. The molecule has 0 radical (unpaired) electrons. The Bertz CT molecular complexity index is 403. The number of unbranched alkanes of at least 4 members (excludes halogenated alkanes) is 3. The molecule has 0 aromatic heterocycles. The Morgan fingerprint density at radius 2 is 1.75 bits per heavy atom. The Labute approximate surface area is 173 Å². The van der Waals surface area contributed by atoms with E-state index in [1.807, 2.05) is 39.8 Å². The van der Waals surface area contributed by atoms with Gasteiger partial charge in [-0.3, -0.25) is 4.79 Å². The lowest BCUT2D eigenvalue weighted by molar-refractivity contribution is -0.137. The number of hydrogen-bond donors (Lipinski definition) is 3. The maximum atomic E-state index is 10.5. The van der Waals surface area contributed by atoms with Crippen LogP contribution < -0.4 is 0 Å². The van der Waals surface area contributed by atoms with Crippen LogP contribution in [-0.2, 0) is 4.79 Å². The third-order valence-corrected chi connectivity index (χ3v) is 4.86. The second-order valence-electron chi connectivity index (χ2n) is 6.91. The summed E-state index contributed by atoms with van der Waals surface area (Å²) in [6.45, 7) is 10.2. The van der Waals surface area contributed by atoms with Crippen molar-refractivity contribution in [2.45, 2.75) is 111 Å². The molecule has 0 aromatic rings. The van der Waals surface area contributed by atoms with Crippen LogP contribution in [0.5, 0.6) is 0 Å². The minimum atomic E-state index is -0.752. The molecular formula is C24H46O4. The van der Waals surface area contributed by atoms with Gasteiger partial charge in [-0.25, -0.2) is 0 Å². The molecule has 4 atom stereocenters. The summed E-state index contributed by atoms with van der Waals surface area (Å²) in [6, 6.07) is 0. The number of allylic oxidation sites excluding steroid dienone is 3. The van der Waals surface area contributed by atoms with Gasteiger partial charge in [-0.2, -0.15) is 0 Å². The number of aliphatic hydroxyl groups excluding tert-OH is 2. The van der Waals surface area contributed by atoms with E-state index in [1.165, 1.54) is 0 Å².